The minimum Gasteiger partial charge on any atom is -0.484 e. The van der Waals surface area contributed by atoms with Crippen molar-refractivity contribution >= 4 is 5.91 Å². The molecule has 0 aliphatic carbocycles. The van der Waals surface area contributed by atoms with Gasteiger partial charge in [-0.3, -0.25) is 4.79 Å². The Morgan fingerprint density at radius 1 is 1.53 bits per heavy atom. The summed E-state index contributed by atoms with van der Waals surface area (Å²) in [6, 6.07) is 7.58. The average molecular weight is 263 g/mol. The minimum atomic E-state index is -0.0615. The van der Waals surface area contributed by atoms with Gasteiger partial charge < -0.3 is 14.7 Å². The number of carbonyl (C=O) groups excluding carboxylic acids is 1. The van der Waals surface area contributed by atoms with E-state index in [1.807, 2.05) is 31.2 Å². The molecule has 1 fully saturated rings. The van der Waals surface area contributed by atoms with E-state index in [0.717, 1.165) is 12.0 Å². The van der Waals surface area contributed by atoms with Crippen LogP contribution in [0.15, 0.2) is 24.3 Å². The van der Waals surface area contributed by atoms with Crippen LogP contribution < -0.4 is 4.74 Å². The van der Waals surface area contributed by atoms with E-state index in [4.69, 9.17) is 4.74 Å². The van der Waals surface area contributed by atoms with Crippen molar-refractivity contribution in [3.63, 3.8) is 0 Å². The zero-order chi connectivity index (χ0) is 13.8. The molecule has 2 atom stereocenters. The van der Waals surface area contributed by atoms with Gasteiger partial charge in [-0.2, -0.15) is 0 Å². The van der Waals surface area contributed by atoms with Gasteiger partial charge in [0.05, 0.1) is 12.6 Å². The van der Waals surface area contributed by atoms with E-state index >= 15 is 0 Å². The predicted octanol–water partition coefficient (Wildman–Crippen LogP) is 1.60. The summed E-state index contributed by atoms with van der Waals surface area (Å²) in [5, 5.41) is 9.34. The number of aliphatic hydroxyl groups is 1. The molecule has 2 rings (SSSR count). The molecule has 0 saturated carbocycles. The fraction of sp³-hybridized carbons (Fsp3) is 0.533. The number of hydrogen-bond donors (Lipinski definition) is 1. The minimum absolute atomic E-state index is 0.0252. The van der Waals surface area contributed by atoms with Gasteiger partial charge in [0.1, 0.15) is 5.75 Å². The number of rotatable bonds is 4. The SMILES string of the molecule is Cc1cccc(OCC(=O)N2CCC(C)C2CO)c1. The number of ether oxygens (including phenoxy) is 1. The fourth-order valence-corrected chi connectivity index (χ4v) is 2.53. The van der Waals surface area contributed by atoms with Gasteiger partial charge in [-0.15, -0.1) is 0 Å². The summed E-state index contributed by atoms with van der Waals surface area (Å²) in [5.74, 6) is 1.01. The lowest BCUT2D eigenvalue weighted by molar-refractivity contribution is -0.135. The second-order valence-corrected chi connectivity index (χ2v) is 5.21. The number of benzene rings is 1. The third-order valence-electron chi connectivity index (χ3n) is 3.74. The molecule has 1 aliphatic rings. The summed E-state index contributed by atoms with van der Waals surface area (Å²) in [5.41, 5.74) is 1.10. The molecule has 1 N–H and O–H groups in total. The Bertz CT molecular complexity index is 447. The first-order valence-corrected chi connectivity index (χ1v) is 6.71. The number of nitrogens with zero attached hydrogens (tertiary/aromatic N) is 1. The first-order chi connectivity index (χ1) is 9.11. The number of amides is 1. The van der Waals surface area contributed by atoms with Gasteiger partial charge in [-0.05, 0) is 37.0 Å². The van der Waals surface area contributed by atoms with E-state index in [0.29, 0.717) is 18.2 Å². The predicted molar refractivity (Wildman–Crippen MR) is 73.0 cm³/mol. The molecule has 104 valence electrons. The smallest absolute Gasteiger partial charge is 0.260 e. The van der Waals surface area contributed by atoms with Crippen molar-refractivity contribution < 1.29 is 14.6 Å². The molecule has 4 heteroatoms. The monoisotopic (exact) mass is 263 g/mol. The molecule has 1 saturated heterocycles. The maximum atomic E-state index is 12.1. The maximum Gasteiger partial charge on any atom is 0.260 e. The van der Waals surface area contributed by atoms with Gasteiger partial charge >= 0.3 is 0 Å². The van der Waals surface area contributed by atoms with Crippen LogP contribution in [0.3, 0.4) is 0 Å². The first-order valence-electron chi connectivity index (χ1n) is 6.71. The largest absolute Gasteiger partial charge is 0.484 e. The van der Waals surface area contributed by atoms with E-state index in [1.54, 1.807) is 4.90 Å². The molecule has 19 heavy (non-hydrogen) atoms. The number of likely N-dealkylation sites (tertiary alicyclic amines) is 1. The lowest BCUT2D eigenvalue weighted by atomic mass is 10.0. The zero-order valence-electron chi connectivity index (χ0n) is 11.5. The summed E-state index contributed by atoms with van der Waals surface area (Å²) in [6.07, 6.45) is 0.946. The van der Waals surface area contributed by atoms with Crippen molar-refractivity contribution in [2.45, 2.75) is 26.3 Å². The summed E-state index contributed by atoms with van der Waals surface area (Å²) < 4.78 is 5.52. The van der Waals surface area contributed by atoms with Crippen molar-refractivity contribution in [1.82, 2.24) is 4.90 Å². The second kappa shape index (κ2) is 6.06. The van der Waals surface area contributed by atoms with Gasteiger partial charge in [0.15, 0.2) is 6.61 Å². The summed E-state index contributed by atoms with van der Waals surface area (Å²) in [4.78, 5) is 13.8. The Hall–Kier alpha value is -1.55. The molecular formula is C15H21NO3. The number of carbonyl (C=O) groups is 1. The highest BCUT2D eigenvalue weighted by molar-refractivity contribution is 5.78. The molecule has 1 heterocycles. The van der Waals surface area contributed by atoms with Gasteiger partial charge in [-0.1, -0.05) is 19.1 Å². The molecule has 4 nitrogen and oxygen atoms in total. The van der Waals surface area contributed by atoms with Crippen LogP contribution in [0.1, 0.15) is 18.9 Å². The quantitative estimate of drug-likeness (QED) is 0.897. The number of aryl methyl sites for hydroxylation is 1. The molecule has 1 aromatic rings. The molecule has 1 amide bonds. The normalized spacial score (nSPS) is 22.6. The van der Waals surface area contributed by atoms with Crippen molar-refractivity contribution in [2.75, 3.05) is 19.8 Å². The number of hydrogen-bond acceptors (Lipinski definition) is 3. The Morgan fingerprint density at radius 2 is 2.32 bits per heavy atom. The highest BCUT2D eigenvalue weighted by Gasteiger charge is 2.33. The molecule has 0 spiro atoms. The summed E-state index contributed by atoms with van der Waals surface area (Å²) in [7, 11) is 0. The van der Waals surface area contributed by atoms with Gasteiger partial charge in [0, 0.05) is 6.54 Å². The Balaban J connectivity index is 1.91. The highest BCUT2D eigenvalue weighted by atomic mass is 16.5. The Kier molecular flexibility index (Phi) is 4.43. The molecule has 2 unspecified atom stereocenters. The molecule has 0 aromatic heterocycles. The van der Waals surface area contributed by atoms with Crippen LogP contribution >= 0.6 is 0 Å². The van der Waals surface area contributed by atoms with E-state index in [-0.39, 0.29) is 25.2 Å². The van der Waals surface area contributed by atoms with Crippen LogP contribution in [0.4, 0.5) is 0 Å². The topological polar surface area (TPSA) is 49.8 Å². The summed E-state index contributed by atoms with van der Waals surface area (Å²) in [6.45, 7) is 4.82. The standard InChI is InChI=1S/C15H21NO3/c1-11-4-3-5-13(8-11)19-10-15(18)16-7-6-12(2)14(16)9-17/h3-5,8,12,14,17H,6-7,9-10H2,1-2H3. The van der Waals surface area contributed by atoms with Crippen molar-refractivity contribution in [1.29, 1.82) is 0 Å². The first kappa shape index (κ1) is 13.9. The number of aliphatic hydroxyl groups excluding tert-OH is 1. The molecule has 0 radical (unpaired) electrons. The highest BCUT2D eigenvalue weighted by Crippen LogP contribution is 2.23. The van der Waals surface area contributed by atoms with Crippen molar-refractivity contribution in [3.8, 4) is 5.75 Å². The van der Waals surface area contributed by atoms with Crippen LogP contribution in [0.5, 0.6) is 5.75 Å². The zero-order valence-corrected chi connectivity index (χ0v) is 11.5. The van der Waals surface area contributed by atoms with E-state index < -0.39 is 0 Å². The van der Waals surface area contributed by atoms with E-state index in [9.17, 15) is 9.90 Å². The van der Waals surface area contributed by atoms with Crippen molar-refractivity contribution in [2.24, 2.45) is 5.92 Å². The van der Waals surface area contributed by atoms with Crippen LogP contribution in [0, 0.1) is 12.8 Å². The molecule has 1 aromatic carbocycles. The molecule has 1 aliphatic heterocycles. The third kappa shape index (κ3) is 3.26. The van der Waals surface area contributed by atoms with Gasteiger partial charge in [0.2, 0.25) is 0 Å². The Labute approximate surface area is 114 Å². The van der Waals surface area contributed by atoms with E-state index in [1.165, 1.54) is 0 Å². The lowest BCUT2D eigenvalue weighted by Gasteiger charge is -2.25. The second-order valence-electron chi connectivity index (χ2n) is 5.21. The summed E-state index contributed by atoms with van der Waals surface area (Å²) >= 11 is 0. The van der Waals surface area contributed by atoms with Crippen molar-refractivity contribution in [3.05, 3.63) is 29.8 Å². The molecule has 0 bridgehead atoms. The Morgan fingerprint density at radius 3 is 3.00 bits per heavy atom. The van der Waals surface area contributed by atoms with Gasteiger partial charge in [0.25, 0.3) is 5.91 Å². The average Bonchev–Trinajstić information content (AvgIpc) is 2.77. The van der Waals surface area contributed by atoms with Crippen LogP contribution in [0.25, 0.3) is 0 Å². The lowest BCUT2D eigenvalue weighted by Crippen LogP contribution is -2.42. The van der Waals surface area contributed by atoms with Gasteiger partial charge in [-0.25, -0.2) is 0 Å². The van der Waals surface area contributed by atoms with Crippen LogP contribution in [-0.2, 0) is 4.79 Å². The molecular weight excluding hydrogens is 242 g/mol. The maximum absolute atomic E-state index is 12.1. The third-order valence-corrected chi connectivity index (χ3v) is 3.74. The van der Waals surface area contributed by atoms with Crippen LogP contribution in [-0.4, -0.2) is 41.7 Å². The fourth-order valence-electron chi connectivity index (χ4n) is 2.53. The van der Waals surface area contributed by atoms with E-state index in [2.05, 4.69) is 6.92 Å². The van der Waals surface area contributed by atoms with Crippen LogP contribution in [0.2, 0.25) is 0 Å².